The molecule has 0 unspecified atom stereocenters. The fourth-order valence-electron chi connectivity index (χ4n) is 2.21. The first-order valence-corrected chi connectivity index (χ1v) is 6.41. The first kappa shape index (κ1) is 12.7. The van der Waals surface area contributed by atoms with E-state index in [1.165, 1.54) is 0 Å². The van der Waals surface area contributed by atoms with E-state index in [9.17, 15) is 0 Å². The van der Waals surface area contributed by atoms with Gasteiger partial charge in [0.15, 0.2) is 5.58 Å². The summed E-state index contributed by atoms with van der Waals surface area (Å²) in [5.74, 6) is 0.692. The average Bonchev–Trinajstić information content (AvgIpc) is 2.94. The number of benzene rings is 1. The van der Waals surface area contributed by atoms with E-state index in [0.717, 1.165) is 23.2 Å². The third-order valence-electron chi connectivity index (χ3n) is 3.07. The van der Waals surface area contributed by atoms with Crippen molar-refractivity contribution < 1.29 is 4.42 Å². The first-order valence-electron chi connectivity index (χ1n) is 6.41. The molecule has 104 valence electrons. The summed E-state index contributed by atoms with van der Waals surface area (Å²) in [6.07, 6.45) is 3.87. The molecule has 0 bridgehead atoms. The third kappa shape index (κ3) is 2.65. The van der Waals surface area contributed by atoms with Gasteiger partial charge in [0.2, 0.25) is 5.89 Å². The maximum atomic E-state index is 5.74. The van der Waals surface area contributed by atoms with Gasteiger partial charge in [-0.1, -0.05) is 0 Å². The molecule has 0 aliphatic carbocycles. The number of rotatable bonds is 4. The zero-order valence-electron chi connectivity index (χ0n) is 11.6. The second-order valence-corrected chi connectivity index (χ2v) is 5.03. The highest BCUT2D eigenvalue weighted by Crippen LogP contribution is 2.19. The zero-order valence-corrected chi connectivity index (χ0v) is 11.6. The quantitative estimate of drug-likeness (QED) is 0.732. The van der Waals surface area contributed by atoms with Crippen LogP contribution in [-0.2, 0) is 20.1 Å². The number of nitrogens with two attached hydrogens (primary N) is 1. The number of anilines is 1. The largest absolute Gasteiger partial charge is 0.439 e. The summed E-state index contributed by atoms with van der Waals surface area (Å²) >= 11 is 0. The van der Waals surface area contributed by atoms with Crippen LogP contribution in [0.15, 0.2) is 35.0 Å². The van der Waals surface area contributed by atoms with Crippen molar-refractivity contribution in [2.24, 2.45) is 7.05 Å². The molecule has 3 rings (SSSR count). The highest BCUT2D eigenvalue weighted by atomic mass is 16.3. The van der Waals surface area contributed by atoms with E-state index in [2.05, 4.69) is 15.0 Å². The molecule has 0 saturated carbocycles. The summed E-state index contributed by atoms with van der Waals surface area (Å²) < 4.78 is 7.50. The molecule has 0 radical (unpaired) electrons. The molecule has 0 amide bonds. The van der Waals surface area contributed by atoms with Crippen LogP contribution in [0.25, 0.3) is 11.1 Å². The third-order valence-corrected chi connectivity index (χ3v) is 3.07. The van der Waals surface area contributed by atoms with Gasteiger partial charge in [0.25, 0.3) is 0 Å². The SMILES string of the molecule is CN(Cc1cnn(C)c1)Cc1nc2cc(N)ccc2o1. The molecule has 6 heteroatoms. The number of nitrogens with zero attached hydrogens (tertiary/aromatic N) is 4. The Morgan fingerprint density at radius 2 is 2.20 bits per heavy atom. The summed E-state index contributed by atoms with van der Waals surface area (Å²) in [6, 6.07) is 5.49. The molecule has 20 heavy (non-hydrogen) atoms. The van der Waals surface area contributed by atoms with Gasteiger partial charge in [-0.3, -0.25) is 9.58 Å². The van der Waals surface area contributed by atoms with Gasteiger partial charge in [0.1, 0.15) is 5.52 Å². The minimum absolute atomic E-state index is 0.642. The van der Waals surface area contributed by atoms with Gasteiger partial charge in [-0.15, -0.1) is 0 Å². The molecular weight excluding hydrogens is 254 g/mol. The standard InChI is InChI=1S/C14H17N5O/c1-18(7-10-6-16-19(2)8-10)9-14-17-12-5-11(15)3-4-13(12)20-14/h3-6,8H,7,9,15H2,1-2H3. The van der Waals surface area contributed by atoms with Crippen molar-refractivity contribution in [3.8, 4) is 0 Å². The Morgan fingerprint density at radius 3 is 2.95 bits per heavy atom. The Kier molecular flexibility index (Phi) is 3.15. The lowest BCUT2D eigenvalue weighted by molar-refractivity contribution is 0.285. The number of nitrogen functional groups attached to an aromatic ring is 1. The van der Waals surface area contributed by atoms with Crippen LogP contribution in [0, 0.1) is 0 Å². The molecule has 0 aliphatic heterocycles. The Labute approximate surface area is 116 Å². The predicted molar refractivity (Wildman–Crippen MR) is 76.8 cm³/mol. The van der Waals surface area contributed by atoms with Gasteiger partial charge in [-0.2, -0.15) is 5.10 Å². The zero-order chi connectivity index (χ0) is 14.1. The molecule has 0 saturated heterocycles. The van der Waals surface area contributed by atoms with E-state index in [-0.39, 0.29) is 0 Å². The van der Waals surface area contributed by atoms with Crippen LogP contribution in [0.2, 0.25) is 0 Å². The van der Waals surface area contributed by atoms with Crippen LogP contribution < -0.4 is 5.73 Å². The number of aryl methyl sites for hydroxylation is 1. The summed E-state index contributed by atoms with van der Waals surface area (Å²) in [5, 5.41) is 4.16. The Hall–Kier alpha value is -2.34. The van der Waals surface area contributed by atoms with E-state index in [1.54, 1.807) is 4.68 Å². The van der Waals surface area contributed by atoms with Crippen LogP contribution in [0.5, 0.6) is 0 Å². The highest BCUT2D eigenvalue weighted by Gasteiger charge is 2.09. The molecule has 0 spiro atoms. The van der Waals surface area contributed by atoms with Crippen LogP contribution in [0.1, 0.15) is 11.5 Å². The van der Waals surface area contributed by atoms with Gasteiger partial charge in [0, 0.05) is 31.0 Å². The van der Waals surface area contributed by atoms with Crippen molar-refractivity contribution in [3.63, 3.8) is 0 Å². The maximum Gasteiger partial charge on any atom is 0.209 e. The summed E-state index contributed by atoms with van der Waals surface area (Å²) in [4.78, 5) is 6.58. The monoisotopic (exact) mass is 271 g/mol. The lowest BCUT2D eigenvalue weighted by Crippen LogP contribution is -2.17. The second-order valence-electron chi connectivity index (χ2n) is 5.03. The summed E-state index contributed by atoms with van der Waals surface area (Å²) in [6.45, 7) is 1.44. The number of hydrogen-bond acceptors (Lipinski definition) is 5. The van der Waals surface area contributed by atoms with E-state index >= 15 is 0 Å². The first-order chi connectivity index (χ1) is 9.60. The molecule has 0 aliphatic rings. The molecule has 1 aromatic carbocycles. The lowest BCUT2D eigenvalue weighted by atomic mass is 10.3. The van der Waals surface area contributed by atoms with Crippen molar-refractivity contribution in [2.75, 3.05) is 12.8 Å². The normalized spacial score (nSPS) is 11.6. The van der Waals surface area contributed by atoms with E-state index < -0.39 is 0 Å². The Morgan fingerprint density at radius 1 is 1.35 bits per heavy atom. The van der Waals surface area contributed by atoms with Gasteiger partial charge < -0.3 is 10.2 Å². The molecule has 2 heterocycles. The Bertz CT molecular complexity index is 730. The second kappa shape index (κ2) is 4.97. The van der Waals surface area contributed by atoms with Crippen molar-refractivity contribution >= 4 is 16.8 Å². The maximum absolute atomic E-state index is 5.74. The molecule has 3 aromatic rings. The molecular formula is C14H17N5O. The van der Waals surface area contributed by atoms with Crippen molar-refractivity contribution in [3.05, 3.63) is 42.0 Å². The number of oxazole rings is 1. The minimum Gasteiger partial charge on any atom is -0.439 e. The number of hydrogen-bond donors (Lipinski definition) is 1. The van der Waals surface area contributed by atoms with Crippen molar-refractivity contribution in [1.82, 2.24) is 19.7 Å². The topological polar surface area (TPSA) is 73.1 Å². The molecule has 0 fully saturated rings. The smallest absolute Gasteiger partial charge is 0.209 e. The van der Waals surface area contributed by atoms with Gasteiger partial charge in [-0.05, 0) is 25.2 Å². The van der Waals surface area contributed by atoms with Crippen LogP contribution in [0.4, 0.5) is 5.69 Å². The van der Waals surface area contributed by atoms with Crippen LogP contribution in [0.3, 0.4) is 0 Å². The van der Waals surface area contributed by atoms with Crippen LogP contribution >= 0.6 is 0 Å². The van der Waals surface area contributed by atoms with Crippen LogP contribution in [-0.4, -0.2) is 26.7 Å². The van der Waals surface area contributed by atoms with Crippen molar-refractivity contribution in [2.45, 2.75) is 13.1 Å². The van der Waals surface area contributed by atoms with Crippen molar-refractivity contribution in [1.29, 1.82) is 0 Å². The van der Waals surface area contributed by atoms with E-state index in [0.29, 0.717) is 18.1 Å². The fourth-order valence-corrected chi connectivity index (χ4v) is 2.21. The van der Waals surface area contributed by atoms with Gasteiger partial charge in [-0.25, -0.2) is 4.98 Å². The van der Waals surface area contributed by atoms with Gasteiger partial charge >= 0.3 is 0 Å². The summed E-state index contributed by atoms with van der Waals surface area (Å²) in [5.41, 5.74) is 9.16. The molecule has 6 nitrogen and oxygen atoms in total. The highest BCUT2D eigenvalue weighted by molar-refractivity contribution is 5.76. The van der Waals surface area contributed by atoms with Gasteiger partial charge in [0.05, 0.1) is 12.7 Å². The predicted octanol–water partition coefficient (Wildman–Crippen LogP) is 1.78. The number of aromatic nitrogens is 3. The number of fused-ring (bicyclic) bond motifs is 1. The Balaban J connectivity index is 1.72. The lowest BCUT2D eigenvalue weighted by Gasteiger charge is -2.12. The van der Waals surface area contributed by atoms with E-state index in [1.807, 2.05) is 44.7 Å². The molecule has 0 atom stereocenters. The minimum atomic E-state index is 0.642. The summed E-state index contributed by atoms with van der Waals surface area (Å²) in [7, 11) is 3.94. The molecule has 2 aromatic heterocycles. The average molecular weight is 271 g/mol. The fraction of sp³-hybridized carbons (Fsp3) is 0.286. The molecule has 2 N–H and O–H groups in total. The van der Waals surface area contributed by atoms with E-state index in [4.69, 9.17) is 10.2 Å².